The molecule has 41 heavy (non-hydrogen) atoms. The summed E-state index contributed by atoms with van der Waals surface area (Å²) in [6, 6.07) is 0. The molecule has 4 fully saturated rings. The van der Waals surface area contributed by atoms with Crippen molar-refractivity contribution in [1.29, 1.82) is 0 Å². The second-order valence-electron chi connectivity index (χ2n) is 14.5. The van der Waals surface area contributed by atoms with Gasteiger partial charge in [0.05, 0.1) is 42.2 Å². The Morgan fingerprint density at radius 2 is 1.71 bits per heavy atom. The topological polar surface area (TPSA) is 188 Å². The molecule has 6 N–H and O–H groups in total. The van der Waals surface area contributed by atoms with Gasteiger partial charge in [0.1, 0.15) is 0 Å². The van der Waals surface area contributed by atoms with E-state index in [-0.39, 0.29) is 71.5 Å². The van der Waals surface area contributed by atoms with E-state index in [0.29, 0.717) is 38.5 Å². The van der Waals surface area contributed by atoms with E-state index in [9.17, 15) is 43.6 Å². The largest absolute Gasteiger partial charge is 1.00 e. The molecule has 0 heterocycles. The molecule has 0 bridgehead atoms. The van der Waals surface area contributed by atoms with E-state index in [1.807, 2.05) is 20.8 Å². The molecule has 0 amide bonds. The fourth-order valence-corrected chi connectivity index (χ4v) is 10.7. The van der Waals surface area contributed by atoms with Gasteiger partial charge in [-0.15, -0.1) is 0 Å². The monoisotopic (exact) mass is 614 g/mol. The van der Waals surface area contributed by atoms with Gasteiger partial charge >= 0.3 is 29.6 Å². The molecule has 4 aliphatic carbocycles. The molecular weight excluding hydrogens is 563 g/mol. The molecule has 0 saturated heterocycles. The molecule has 0 aromatic heterocycles. The van der Waals surface area contributed by atoms with Crippen molar-refractivity contribution in [3.05, 3.63) is 0 Å². The summed E-state index contributed by atoms with van der Waals surface area (Å²) in [5.41, 5.74) is -3.90. The number of aliphatic hydroxyl groups is 6. The van der Waals surface area contributed by atoms with Gasteiger partial charge in [-0.1, -0.05) is 34.1 Å². The minimum absolute atomic E-state index is 0. The summed E-state index contributed by atoms with van der Waals surface area (Å²) in [5.74, 6) is -0.876. The molecule has 4 aliphatic rings. The van der Waals surface area contributed by atoms with Crippen molar-refractivity contribution >= 4 is 10.4 Å². The Kier molecular flexibility index (Phi) is 11.0. The molecule has 10 nitrogen and oxygen atoms in total. The standard InChI is InChI=1S/C29H52O10S.Na/c1-6-17(28(5,34)15-39-40(36,37)38)8-7-16(2)22-24(32)25(33)23-19-13-21(31)29(35)14-18(30)9-12-27(29,4)20(19)10-11-26(22,23)3;/h16-25,30-35H,6-15H2,1-5H3,(H,36,37,38);/q;+1/p-1/t16-,17-,18+,19-,20+,21-,22+,23-,24-,25-,26-,27-,28+,29+;/m1./s1. The van der Waals surface area contributed by atoms with Gasteiger partial charge in [-0.3, -0.25) is 4.18 Å². The third-order valence-corrected chi connectivity index (χ3v) is 12.8. The number of hydrogen-bond acceptors (Lipinski definition) is 10. The molecule has 0 aromatic carbocycles. The van der Waals surface area contributed by atoms with E-state index >= 15 is 0 Å². The summed E-state index contributed by atoms with van der Waals surface area (Å²) in [4.78, 5) is 0. The third kappa shape index (κ3) is 6.23. The number of hydrogen-bond donors (Lipinski definition) is 6. The predicted molar refractivity (Wildman–Crippen MR) is 145 cm³/mol. The number of aliphatic hydroxyl groups excluding tert-OH is 4. The van der Waals surface area contributed by atoms with Crippen molar-refractivity contribution in [2.75, 3.05) is 6.61 Å². The van der Waals surface area contributed by atoms with Crippen molar-refractivity contribution in [2.45, 2.75) is 128 Å². The summed E-state index contributed by atoms with van der Waals surface area (Å²) in [6.45, 7) is 8.92. The summed E-state index contributed by atoms with van der Waals surface area (Å²) >= 11 is 0. The quantitative estimate of drug-likeness (QED) is 0.104. The molecule has 234 valence electrons. The zero-order valence-corrected chi connectivity index (χ0v) is 28.4. The molecule has 0 radical (unpaired) electrons. The van der Waals surface area contributed by atoms with Gasteiger partial charge in [0.2, 0.25) is 10.4 Å². The average Bonchev–Trinajstić information content (AvgIpc) is 3.05. The van der Waals surface area contributed by atoms with Gasteiger partial charge in [-0.05, 0) is 92.8 Å². The first kappa shape index (κ1) is 36.1. The van der Waals surface area contributed by atoms with Crippen LogP contribution in [0.25, 0.3) is 0 Å². The van der Waals surface area contributed by atoms with Crippen LogP contribution in [-0.4, -0.2) is 85.8 Å². The van der Waals surface area contributed by atoms with Crippen LogP contribution >= 0.6 is 0 Å². The fraction of sp³-hybridized carbons (Fsp3) is 1.00. The minimum Gasteiger partial charge on any atom is -0.726 e. The summed E-state index contributed by atoms with van der Waals surface area (Å²) in [6.07, 6.45) is 1.26. The predicted octanol–water partition coefficient (Wildman–Crippen LogP) is -1.29. The van der Waals surface area contributed by atoms with Gasteiger partial charge in [0.25, 0.3) is 0 Å². The van der Waals surface area contributed by atoms with E-state index in [0.717, 1.165) is 12.8 Å². The van der Waals surface area contributed by atoms with Crippen LogP contribution in [0.1, 0.15) is 92.4 Å². The van der Waals surface area contributed by atoms with Crippen LogP contribution in [0.5, 0.6) is 0 Å². The fourth-order valence-electron chi connectivity index (χ4n) is 10.3. The Bertz CT molecular complexity index is 1030. The van der Waals surface area contributed by atoms with Crippen LogP contribution in [0.15, 0.2) is 0 Å². The molecule has 14 atom stereocenters. The molecule has 0 spiro atoms. The maximum atomic E-state index is 11.7. The van der Waals surface area contributed by atoms with Gasteiger partial charge in [-0.2, -0.15) is 0 Å². The van der Waals surface area contributed by atoms with Crippen LogP contribution in [-0.2, 0) is 14.6 Å². The Hall–Kier alpha value is 0.630. The van der Waals surface area contributed by atoms with E-state index in [2.05, 4.69) is 11.1 Å². The van der Waals surface area contributed by atoms with Crippen molar-refractivity contribution in [3.8, 4) is 0 Å². The smallest absolute Gasteiger partial charge is 0.726 e. The molecule has 0 aliphatic heterocycles. The van der Waals surface area contributed by atoms with Crippen molar-refractivity contribution in [3.63, 3.8) is 0 Å². The molecule has 4 saturated carbocycles. The minimum atomic E-state index is -4.93. The van der Waals surface area contributed by atoms with Gasteiger partial charge in [0, 0.05) is 11.8 Å². The maximum Gasteiger partial charge on any atom is 1.00 e. The zero-order chi connectivity index (χ0) is 30.1. The Morgan fingerprint density at radius 1 is 1.07 bits per heavy atom. The zero-order valence-electron chi connectivity index (χ0n) is 25.6. The second-order valence-corrected chi connectivity index (χ2v) is 15.6. The van der Waals surface area contributed by atoms with E-state index in [1.54, 1.807) is 0 Å². The van der Waals surface area contributed by atoms with Crippen LogP contribution in [0.4, 0.5) is 0 Å². The van der Waals surface area contributed by atoms with Crippen LogP contribution in [0, 0.1) is 46.3 Å². The number of rotatable bonds is 9. The average molecular weight is 615 g/mol. The van der Waals surface area contributed by atoms with E-state index in [4.69, 9.17) is 0 Å². The number of fused-ring (bicyclic) bond motifs is 5. The second kappa shape index (κ2) is 12.4. The first-order valence-corrected chi connectivity index (χ1v) is 16.4. The molecule has 12 heteroatoms. The van der Waals surface area contributed by atoms with Crippen molar-refractivity contribution < 1.29 is 77.4 Å². The third-order valence-electron chi connectivity index (χ3n) is 12.4. The molecular formula is C29H51NaO10S. The maximum absolute atomic E-state index is 11.7. The van der Waals surface area contributed by atoms with E-state index < -0.39 is 63.5 Å². The van der Waals surface area contributed by atoms with Gasteiger partial charge in [0.15, 0.2) is 0 Å². The van der Waals surface area contributed by atoms with Crippen LogP contribution in [0.2, 0.25) is 0 Å². The molecule has 0 aromatic rings. The van der Waals surface area contributed by atoms with E-state index in [1.165, 1.54) is 6.92 Å². The summed E-state index contributed by atoms with van der Waals surface area (Å²) in [5, 5.41) is 67.1. The SMILES string of the molecule is CC[C@H](CC[C@@H](C)[C@H]1[C@@H](O)[C@H](O)[C@H]2[C@@H]3C[C@@H](O)[C@@]4(O)C[C@@H](O)CC[C@]4(C)[C@H]3CC[C@]12C)[C@@](C)(O)COS(=O)(=O)[O-].[Na+]. The Balaban J connectivity index is 0.00000462. The summed E-state index contributed by atoms with van der Waals surface area (Å²) < 4.78 is 37.2. The Morgan fingerprint density at radius 3 is 2.29 bits per heavy atom. The molecule has 0 unspecified atom stereocenters. The Labute approximate surface area is 267 Å². The van der Waals surface area contributed by atoms with Crippen LogP contribution in [0.3, 0.4) is 0 Å². The van der Waals surface area contributed by atoms with Crippen molar-refractivity contribution in [1.82, 2.24) is 0 Å². The normalized spacial score (nSPS) is 47.2. The first-order valence-electron chi connectivity index (χ1n) is 15.1. The van der Waals surface area contributed by atoms with Crippen molar-refractivity contribution in [2.24, 2.45) is 46.3 Å². The van der Waals surface area contributed by atoms with Gasteiger partial charge < -0.3 is 35.2 Å². The molecule has 4 rings (SSSR count). The van der Waals surface area contributed by atoms with Gasteiger partial charge in [-0.25, -0.2) is 8.42 Å². The van der Waals surface area contributed by atoms with Crippen LogP contribution < -0.4 is 29.6 Å². The summed E-state index contributed by atoms with van der Waals surface area (Å²) in [7, 11) is -4.93. The first-order chi connectivity index (χ1) is 18.3.